The van der Waals surface area contributed by atoms with Crippen molar-refractivity contribution in [2.45, 2.75) is 48.3 Å². The molecule has 14 nitrogen and oxygen atoms in total. The molecule has 2 N–H and O–H groups in total. The normalized spacial score (nSPS) is 14.7. The minimum absolute atomic E-state index is 0.0342. The molecule has 16 heteroatoms. The molecule has 2 aliphatic heterocycles. The van der Waals surface area contributed by atoms with Gasteiger partial charge in [0.2, 0.25) is 11.4 Å². The molecule has 0 aliphatic carbocycles. The minimum atomic E-state index is -4.74. The molecule has 8 rings (SSSR count). The lowest BCUT2D eigenvalue weighted by Gasteiger charge is -2.15. The number of hydrogen-bond acceptors (Lipinski definition) is 12. The first kappa shape index (κ1) is 50.4. The first-order valence-corrected chi connectivity index (χ1v) is 24.2. The van der Waals surface area contributed by atoms with Crippen LogP contribution in [-0.2, 0) is 31.1 Å². The van der Waals surface area contributed by atoms with Gasteiger partial charge in [0.15, 0.2) is 11.4 Å². The van der Waals surface area contributed by atoms with Crippen molar-refractivity contribution in [1.82, 2.24) is 0 Å². The summed E-state index contributed by atoms with van der Waals surface area (Å²) in [6.07, 6.45) is 8.18. The standard InChI is InChI=1S/2C21H24N2O2.C10H8O6S2/c2*1-21(2)16-8-6-7-9-18(16)23(3)20(21)12-13-22-17-11-10-15(24-4)14-19(17)25-5;11-17(12,13)9-5-1-3-7-8(9)4-2-6-10(7)18(14,15)16/h2*6-14H,1-5H3;1-6H,(H,11,12,13)(H,14,15,16). The topological polar surface area (TPSA) is 181 Å². The number of fused-ring (bicyclic) bond motifs is 3. The molecule has 0 atom stereocenters. The van der Waals surface area contributed by atoms with Gasteiger partial charge in [0.25, 0.3) is 0 Å². The van der Waals surface area contributed by atoms with E-state index in [9.17, 15) is 25.9 Å². The Morgan fingerprint density at radius 3 is 1.19 bits per heavy atom. The van der Waals surface area contributed by atoms with E-state index in [1.165, 1.54) is 58.2 Å². The average molecular weight is 961 g/mol. The SMILES string of the molecule is COc1ccc(NC=CC2=[N+](C)c3ccccc3C2(C)C)c(OC)c1.COc1ccc(NC=CC2=[N+](C)c3ccccc3C2(C)C)c(OC)c1.O=S(=O)([O-])c1cccc2c(S(=O)(=O)[O-])cccc12. The minimum Gasteiger partial charge on any atom is -0.744 e. The molecule has 0 saturated carbocycles. The second-order valence-corrected chi connectivity index (χ2v) is 19.5. The summed E-state index contributed by atoms with van der Waals surface area (Å²) in [5.74, 6) is 3.04. The highest BCUT2D eigenvalue weighted by molar-refractivity contribution is 7.86. The summed E-state index contributed by atoms with van der Waals surface area (Å²) in [4.78, 5) is -1.10. The molecule has 68 heavy (non-hydrogen) atoms. The van der Waals surface area contributed by atoms with Gasteiger partial charge in [0, 0.05) is 70.7 Å². The van der Waals surface area contributed by atoms with E-state index in [1.807, 2.05) is 48.8 Å². The van der Waals surface area contributed by atoms with E-state index in [0.29, 0.717) is 0 Å². The van der Waals surface area contributed by atoms with Gasteiger partial charge in [-0.15, -0.1) is 0 Å². The summed E-state index contributed by atoms with van der Waals surface area (Å²) >= 11 is 0. The molecule has 6 aromatic rings. The Morgan fingerprint density at radius 2 is 0.868 bits per heavy atom. The molecule has 0 unspecified atom stereocenters. The van der Waals surface area contributed by atoms with Crippen LogP contribution in [0.3, 0.4) is 0 Å². The van der Waals surface area contributed by atoms with Crippen LogP contribution in [0.15, 0.2) is 156 Å². The van der Waals surface area contributed by atoms with Crippen molar-refractivity contribution in [2.24, 2.45) is 0 Å². The molecule has 0 fully saturated rings. The van der Waals surface area contributed by atoms with E-state index < -0.39 is 30.0 Å². The van der Waals surface area contributed by atoms with Crippen LogP contribution in [0.25, 0.3) is 10.8 Å². The van der Waals surface area contributed by atoms with Gasteiger partial charge in [-0.05, 0) is 64.1 Å². The van der Waals surface area contributed by atoms with Crippen molar-refractivity contribution in [3.05, 3.63) is 157 Å². The molecule has 0 aromatic heterocycles. The number of benzene rings is 6. The molecule has 0 radical (unpaired) electrons. The molecule has 2 heterocycles. The van der Waals surface area contributed by atoms with Crippen LogP contribution in [0.5, 0.6) is 23.0 Å². The van der Waals surface area contributed by atoms with Crippen LogP contribution < -0.4 is 29.6 Å². The van der Waals surface area contributed by atoms with E-state index in [0.717, 1.165) is 46.5 Å². The fourth-order valence-electron chi connectivity index (χ4n) is 8.55. The quantitative estimate of drug-likeness (QED) is 0.0878. The molecule has 0 spiro atoms. The highest BCUT2D eigenvalue weighted by Crippen LogP contribution is 2.40. The van der Waals surface area contributed by atoms with Crippen molar-refractivity contribution in [1.29, 1.82) is 0 Å². The zero-order valence-corrected chi connectivity index (χ0v) is 41.3. The van der Waals surface area contributed by atoms with Gasteiger partial charge in [-0.2, -0.15) is 9.15 Å². The Morgan fingerprint density at radius 1 is 0.500 bits per heavy atom. The third kappa shape index (κ3) is 10.6. The van der Waals surface area contributed by atoms with Crippen molar-refractivity contribution in [2.75, 3.05) is 53.2 Å². The van der Waals surface area contributed by atoms with Gasteiger partial charge in [0.1, 0.15) is 57.3 Å². The predicted molar refractivity (Wildman–Crippen MR) is 265 cm³/mol. The molecule has 0 bridgehead atoms. The number of ether oxygens (including phenoxy) is 4. The zero-order chi connectivity index (χ0) is 49.6. The fraction of sp³-hybridized carbons (Fsp3) is 0.231. The number of methoxy groups -OCH3 is 4. The summed E-state index contributed by atoms with van der Waals surface area (Å²) in [6, 6.07) is 35.6. The summed E-state index contributed by atoms with van der Waals surface area (Å²) in [5.41, 5.74) is 9.43. The van der Waals surface area contributed by atoms with Gasteiger partial charge in [-0.25, -0.2) is 16.8 Å². The molecule has 0 amide bonds. The Kier molecular flexibility index (Phi) is 15.2. The number of nitrogens with zero attached hydrogens (tertiary/aromatic N) is 2. The molecular weight excluding hydrogens is 905 g/mol. The second kappa shape index (κ2) is 20.5. The predicted octanol–water partition coefficient (Wildman–Crippen LogP) is 9.32. The van der Waals surface area contributed by atoms with E-state index in [2.05, 4.69) is 122 Å². The monoisotopic (exact) mass is 960 g/mol. The van der Waals surface area contributed by atoms with E-state index >= 15 is 0 Å². The van der Waals surface area contributed by atoms with E-state index in [1.54, 1.807) is 28.4 Å². The van der Waals surface area contributed by atoms with Gasteiger partial charge < -0.3 is 38.7 Å². The third-order valence-corrected chi connectivity index (χ3v) is 13.8. The molecule has 356 valence electrons. The van der Waals surface area contributed by atoms with Gasteiger partial charge in [-0.1, -0.05) is 60.7 Å². The van der Waals surface area contributed by atoms with Crippen LogP contribution >= 0.6 is 0 Å². The van der Waals surface area contributed by atoms with Crippen LogP contribution in [0.1, 0.15) is 38.8 Å². The molecule has 2 aliphatic rings. The first-order chi connectivity index (χ1) is 32.2. The number of rotatable bonds is 12. The van der Waals surface area contributed by atoms with Crippen LogP contribution in [-0.4, -0.2) is 89.1 Å². The van der Waals surface area contributed by atoms with E-state index in [-0.39, 0.29) is 21.6 Å². The molecule has 0 saturated heterocycles. The maximum atomic E-state index is 11.0. The Bertz CT molecular complexity index is 3000. The average Bonchev–Trinajstić information content (AvgIpc) is 3.64. The van der Waals surface area contributed by atoms with Crippen LogP contribution in [0.4, 0.5) is 22.7 Å². The lowest BCUT2D eigenvalue weighted by Crippen LogP contribution is -2.26. The second-order valence-electron chi connectivity index (χ2n) is 16.8. The van der Waals surface area contributed by atoms with Crippen molar-refractivity contribution < 1.29 is 54.0 Å². The number of anilines is 2. The molecule has 6 aromatic carbocycles. The Labute approximate surface area is 399 Å². The van der Waals surface area contributed by atoms with Gasteiger partial charge in [0.05, 0.1) is 60.4 Å². The number of nitrogens with one attached hydrogen (secondary N) is 2. The summed E-state index contributed by atoms with van der Waals surface area (Å²) in [5, 5.41) is 6.48. The summed E-state index contributed by atoms with van der Waals surface area (Å²) < 4.78 is 92.0. The lowest BCUT2D eigenvalue weighted by molar-refractivity contribution is -0.401. The molecular formula is C52H56N4O10S2. The van der Waals surface area contributed by atoms with Crippen molar-refractivity contribution in [3.8, 4) is 23.0 Å². The first-order valence-electron chi connectivity index (χ1n) is 21.3. The summed E-state index contributed by atoms with van der Waals surface area (Å²) in [7, 11) is 1.35. The highest BCUT2D eigenvalue weighted by atomic mass is 32.2. The van der Waals surface area contributed by atoms with Crippen molar-refractivity contribution in [3.63, 3.8) is 0 Å². The van der Waals surface area contributed by atoms with Crippen LogP contribution in [0.2, 0.25) is 0 Å². The van der Waals surface area contributed by atoms with Crippen LogP contribution in [0, 0.1) is 0 Å². The third-order valence-electron chi connectivity index (χ3n) is 12.0. The lowest BCUT2D eigenvalue weighted by atomic mass is 9.81. The van der Waals surface area contributed by atoms with Gasteiger partial charge >= 0.3 is 0 Å². The zero-order valence-electron chi connectivity index (χ0n) is 39.6. The van der Waals surface area contributed by atoms with E-state index in [4.69, 9.17) is 18.9 Å². The van der Waals surface area contributed by atoms with Gasteiger partial charge in [-0.3, -0.25) is 0 Å². The van der Waals surface area contributed by atoms with Crippen molar-refractivity contribution >= 4 is 65.2 Å². The smallest absolute Gasteiger partial charge is 0.209 e. The maximum absolute atomic E-state index is 11.0. The summed E-state index contributed by atoms with van der Waals surface area (Å²) in [6.45, 7) is 9.01. The Balaban J connectivity index is 0.000000171. The fourth-order valence-corrected chi connectivity index (χ4v) is 9.93. The highest BCUT2D eigenvalue weighted by Gasteiger charge is 2.43. The number of para-hydroxylation sites is 2. The maximum Gasteiger partial charge on any atom is 0.209 e. The largest absolute Gasteiger partial charge is 0.744 e. The number of hydrogen-bond donors (Lipinski definition) is 2. The Hall–Kier alpha value is -6.98. The number of allylic oxidation sites excluding steroid dienone is 2.